The molecule has 0 aliphatic heterocycles. The third kappa shape index (κ3) is 4.92. The zero-order chi connectivity index (χ0) is 9.02. The van der Waals surface area contributed by atoms with Crippen LogP contribution in [0.4, 0.5) is 0 Å². The second-order valence-corrected chi connectivity index (χ2v) is 2.42. The van der Waals surface area contributed by atoms with Crippen LogP contribution in [0.5, 0.6) is 0 Å². The number of rotatable bonds is 3. The number of hydrogen-bond donors (Lipinski definition) is 3. The number of carbonyl (C=O) groups is 2. The Labute approximate surface area is 77.3 Å². The van der Waals surface area contributed by atoms with Gasteiger partial charge in [0, 0.05) is 0 Å². The van der Waals surface area contributed by atoms with Crippen molar-refractivity contribution < 1.29 is 9.59 Å². The van der Waals surface area contributed by atoms with Gasteiger partial charge in [0.15, 0.2) is 0 Å². The molecule has 5 nitrogen and oxygen atoms in total. The molecule has 12 heavy (non-hydrogen) atoms. The predicted molar refractivity (Wildman–Crippen MR) is 47.7 cm³/mol. The minimum Gasteiger partial charge on any atom is -0.368 e. The Bertz CT molecular complexity index is 172. The average Bonchev–Trinajstić information content (AvgIpc) is 1.87. The van der Waals surface area contributed by atoms with E-state index in [4.69, 9.17) is 11.5 Å². The van der Waals surface area contributed by atoms with Gasteiger partial charge in [0.05, 0.1) is 6.04 Å². The standard InChI is InChI=1S/C6H13N3O2.ClH/c1-3(7)6(11)9-4(2)5(8)10;/h3-4H,7H2,1-2H3,(H2,8,10)(H,9,11);1H. The van der Waals surface area contributed by atoms with Crippen molar-refractivity contribution in [2.45, 2.75) is 25.9 Å². The molecule has 0 aromatic heterocycles. The van der Waals surface area contributed by atoms with Crippen molar-refractivity contribution in [1.29, 1.82) is 0 Å². The van der Waals surface area contributed by atoms with Crippen LogP contribution in [-0.2, 0) is 9.59 Å². The highest BCUT2D eigenvalue weighted by molar-refractivity contribution is 5.88. The molecule has 0 aliphatic carbocycles. The van der Waals surface area contributed by atoms with E-state index in [2.05, 4.69) is 5.32 Å². The molecule has 0 aromatic carbocycles. The van der Waals surface area contributed by atoms with Gasteiger partial charge in [-0.25, -0.2) is 0 Å². The van der Waals surface area contributed by atoms with Gasteiger partial charge in [-0.3, -0.25) is 9.59 Å². The molecule has 0 saturated carbocycles. The van der Waals surface area contributed by atoms with Crippen molar-refractivity contribution in [2.75, 3.05) is 0 Å². The number of nitrogens with two attached hydrogens (primary N) is 2. The van der Waals surface area contributed by atoms with Gasteiger partial charge in [-0.05, 0) is 13.8 Å². The van der Waals surface area contributed by atoms with Crippen molar-refractivity contribution in [1.82, 2.24) is 5.32 Å². The minimum atomic E-state index is -0.659. The van der Waals surface area contributed by atoms with E-state index in [1.807, 2.05) is 0 Å². The van der Waals surface area contributed by atoms with Crippen LogP contribution in [0.25, 0.3) is 0 Å². The Morgan fingerprint density at radius 2 is 1.75 bits per heavy atom. The van der Waals surface area contributed by atoms with Crippen molar-refractivity contribution in [2.24, 2.45) is 11.5 Å². The maximum absolute atomic E-state index is 10.8. The number of hydrogen-bond acceptors (Lipinski definition) is 3. The lowest BCUT2D eigenvalue weighted by Crippen LogP contribution is -2.47. The van der Waals surface area contributed by atoms with Crippen molar-refractivity contribution >= 4 is 24.2 Å². The zero-order valence-electron chi connectivity index (χ0n) is 7.03. The normalized spacial score (nSPS) is 13.9. The molecule has 72 valence electrons. The number of amides is 2. The first-order valence-corrected chi connectivity index (χ1v) is 3.30. The first-order chi connectivity index (χ1) is 4.95. The summed E-state index contributed by atoms with van der Waals surface area (Å²) in [7, 11) is 0. The van der Waals surface area contributed by atoms with Crippen LogP contribution in [0.2, 0.25) is 0 Å². The summed E-state index contributed by atoms with van der Waals surface area (Å²) in [5, 5.41) is 2.34. The van der Waals surface area contributed by atoms with Crippen LogP contribution in [0.3, 0.4) is 0 Å². The van der Waals surface area contributed by atoms with Crippen LogP contribution in [0.1, 0.15) is 13.8 Å². The van der Waals surface area contributed by atoms with Crippen LogP contribution in [0.15, 0.2) is 0 Å². The Hall–Kier alpha value is -0.810. The average molecular weight is 196 g/mol. The summed E-state index contributed by atoms with van der Waals surface area (Å²) in [4.78, 5) is 21.2. The molecule has 6 heteroatoms. The molecule has 0 saturated heterocycles. The maximum atomic E-state index is 10.8. The van der Waals surface area contributed by atoms with Gasteiger partial charge in [0.2, 0.25) is 11.8 Å². The number of primary amides is 1. The van der Waals surface area contributed by atoms with E-state index >= 15 is 0 Å². The fourth-order valence-electron chi connectivity index (χ4n) is 0.416. The monoisotopic (exact) mass is 195 g/mol. The number of nitrogens with one attached hydrogen (secondary N) is 1. The van der Waals surface area contributed by atoms with Gasteiger partial charge in [-0.2, -0.15) is 0 Å². The highest BCUT2D eigenvalue weighted by Gasteiger charge is 2.14. The Morgan fingerprint density at radius 1 is 1.33 bits per heavy atom. The van der Waals surface area contributed by atoms with Gasteiger partial charge in [-0.15, -0.1) is 12.4 Å². The van der Waals surface area contributed by atoms with Crippen LogP contribution in [-0.4, -0.2) is 23.9 Å². The van der Waals surface area contributed by atoms with Gasteiger partial charge < -0.3 is 16.8 Å². The zero-order valence-corrected chi connectivity index (χ0v) is 7.85. The quantitative estimate of drug-likeness (QED) is 0.525. The molecular formula is C6H14ClN3O2. The van der Waals surface area contributed by atoms with E-state index in [9.17, 15) is 9.59 Å². The summed E-state index contributed by atoms with van der Waals surface area (Å²) < 4.78 is 0. The second-order valence-electron chi connectivity index (χ2n) is 2.42. The summed E-state index contributed by atoms with van der Waals surface area (Å²) >= 11 is 0. The van der Waals surface area contributed by atoms with Crippen LogP contribution < -0.4 is 16.8 Å². The fourth-order valence-corrected chi connectivity index (χ4v) is 0.416. The molecule has 0 heterocycles. The van der Waals surface area contributed by atoms with Crippen LogP contribution in [0, 0.1) is 0 Å². The Kier molecular flexibility index (Phi) is 6.64. The molecule has 0 rings (SSSR count). The summed E-state index contributed by atoms with van der Waals surface area (Å²) in [5.41, 5.74) is 10.1. The molecule has 0 aliphatic rings. The summed E-state index contributed by atoms with van der Waals surface area (Å²) in [6.45, 7) is 3.03. The fraction of sp³-hybridized carbons (Fsp3) is 0.667. The van der Waals surface area contributed by atoms with Gasteiger partial charge in [-0.1, -0.05) is 0 Å². The summed E-state index contributed by atoms with van der Waals surface area (Å²) in [6, 6.07) is -1.27. The highest BCUT2D eigenvalue weighted by atomic mass is 35.5. The summed E-state index contributed by atoms with van der Waals surface area (Å²) in [6.07, 6.45) is 0. The topological polar surface area (TPSA) is 98.2 Å². The van der Waals surface area contributed by atoms with Crippen molar-refractivity contribution in [3.8, 4) is 0 Å². The second kappa shape index (κ2) is 5.79. The lowest BCUT2D eigenvalue weighted by molar-refractivity contribution is -0.127. The van der Waals surface area contributed by atoms with E-state index < -0.39 is 18.0 Å². The molecular weight excluding hydrogens is 182 g/mol. The van der Waals surface area contributed by atoms with E-state index in [0.29, 0.717) is 0 Å². The Balaban J connectivity index is 0. The lowest BCUT2D eigenvalue weighted by Gasteiger charge is -2.11. The van der Waals surface area contributed by atoms with Gasteiger partial charge in [0.1, 0.15) is 6.04 Å². The molecule has 0 fully saturated rings. The number of carbonyl (C=O) groups excluding carboxylic acids is 2. The molecule has 0 bridgehead atoms. The predicted octanol–water partition coefficient (Wildman–Crippen LogP) is -1.25. The van der Waals surface area contributed by atoms with Crippen LogP contribution >= 0.6 is 12.4 Å². The first-order valence-electron chi connectivity index (χ1n) is 3.30. The molecule has 0 spiro atoms. The first kappa shape index (κ1) is 13.8. The molecule has 2 atom stereocenters. The van der Waals surface area contributed by atoms with E-state index in [1.165, 1.54) is 13.8 Å². The maximum Gasteiger partial charge on any atom is 0.239 e. The molecule has 2 unspecified atom stereocenters. The summed E-state index contributed by atoms with van der Waals surface area (Å²) in [5.74, 6) is -0.949. The molecule has 0 aromatic rings. The third-order valence-electron chi connectivity index (χ3n) is 1.20. The largest absolute Gasteiger partial charge is 0.368 e. The Morgan fingerprint density at radius 3 is 2.00 bits per heavy atom. The van der Waals surface area contributed by atoms with Crippen molar-refractivity contribution in [3.63, 3.8) is 0 Å². The van der Waals surface area contributed by atoms with E-state index in [-0.39, 0.29) is 18.3 Å². The van der Waals surface area contributed by atoms with Gasteiger partial charge in [0.25, 0.3) is 0 Å². The minimum absolute atomic E-state index is 0. The highest BCUT2D eigenvalue weighted by Crippen LogP contribution is 1.81. The van der Waals surface area contributed by atoms with E-state index in [0.717, 1.165) is 0 Å². The SMILES string of the molecule is CC(N)C(=O)NC(C)C(N)=O.Cl. The molecule has 2 amide bonds. The molecule has 0 radical (unpaired) electrons. The lowest BCUT2D eigenvalue weighted by atomic mass is 10.3. The van der Waals surface area contributed by atoms with Crippen molar-refractivity contribution in [3.05, 3.63) is 0 Å². The third-order valence-corrected chi connectivity index (χ3v) is 1.20. The number of halogens is 1. The van der Waals surface area contributed by atoms with E-state index in [1.54, 1.807) is 0 Å². The molecule has 5 N–H and O–H groups in total. The van der Waals surface area contributed by atoms with Gasteiger partial charge >= 0.3 is 0 Å². The smallest absolute Gasteiger partial charge is 0.239 e.